The van der Waals surface area contributed by atoms with Gasteiger partial charge < -0.3 is 5.32 Å². The highest BCUT2D eigenvalue weighted by Gasteiger charge is 2.11. The molecule has 0 aliphatic heterocycles. The molecule has 0 bridgehead atoms. The van der Waals surface area contributed by atoms with E-state index in [0.717, 1.165) is 17.2 Å². The van der Waals surface area contributed by atoms with Gasteiger partial charge >= 0.3 is 0 Å². The number of thiazole rings is 1. The van der Waals surface area contributed by atoms with Gasteiger partial charge in [0.1, 0.15) is 0 Å². The summed E-state index contributed by atoms with van der Waals surface area (Å²) in [5.41, 5.74) is 4.99. The Morgan fingerprint density at radius 2 is 2.20 bits per heavy atom. The lowest BCUT2D eigenvalue weighted by Crippen LogP contribution is -2.19. The van der Waals surface area contributed by atoms with Gasteiger partial charge in [-0.1, -0.05) is 29.8 Å². The third-order valence-corrected chi connectivity index (χ3v) is 4.44. The van der Waals surface area contributed by atoms with Gasteiger partial charge in [0.25, 0.3) is 0 Å². The Bertz CT molecular complexity index is 726. The number of hydrogen-bond donors (Lipinski definition) is 1. The van der Waals surface area contributed by atoms with Gasteiger partial charge in [-0.3, -0.25) is 4.40 Å². The molecule has 104 valence electrons. The second-order valence-corrected chi connectivity index (χ2v) is 6.09. The molecule has 1 N–H and O–H groups in total. The summed E-state index contributed by atoms with van der Waals surface area (Å²) in [5.74, 6) is 0. The molecule has 4 heteroatoms. The first-order chi connectivity index (χ1) is 9.65. The Balaban J connectivity index is 1.76. The van der Waals surface area contributed by atoms with Crippen molar-refractivity contribution >= 4 is 16.3 Å². The summed E-state index contributed by atoms with van der Waals surface area (Å²) in [4.78, 5) is 5.65. The molecular formula is C16H19N3S. The summed E-state index contributed by atoms with van der Waals surface area (Å²) >= 11 is 1.68. The van der Waals surface area contributed by atoms with Gasteiger partial charge in [0.05, 0.1) is 11.4 Å². The number of aryl methyl sites for hydroxylation is 2. The lowest BCUT2D eigenvalue weighted by Gasteiger charge is -2.15. The number of benzene rings is 1. The maximum absolute atomic E-state index is 4.58. The first kappa shape index (κ1) is 13.3. The number of nitrogens with zero attached hydrogens (tertiary/aromatic N) is 2. The minimum absolute atomic E-state index is 0.332. The number of nitrogens with one attached hydrogen (secondary N) is 1. The Labute approximate surface area is 123 Å². The van der Waals surface area contributed by atoms with Crippen LogP contribution < -0.4 is 5.32 Å². The zero-order valence-corrected chi connectivity index (χ0v) is 12.9. The number of aromatic nitrogens is 2. The van der Waals surface area contributed by atoms with Crippen LogP contribution in [0.15, 0.2) is 35.8 Å². The predicted molar refractivity (Wildman–Crippen MR) is 84.2 cm³/mol. The van der Waals surface area contributed by atoms with Crippen molar-refractivity contribution in [3.63, 3.8) is 0 Å². The van der Waals surface area contributed by atoms with Crippen molar-refractivity contribution in [2.75, 3.05) is 0 Å². The van der Waals surface area contributed by atoms with Crippen LogP contribution in [0.2, 0.25) is 0 Å². The standard InChI is InChI=1S/C16H19N3S/c1-11-5-4-6-14(9-11)12(2)17-10-15-13(3)18-16-19(15)7-8-20-16/h4-9,12,17H,10H2,1-3H3/t12-/m1/s1. The first-order valence-corrected chi connectivity index (χ1v) is 7.74. The van der Waals surface area contributed by atoms with Crippen LogP contribution in [-0.2, 0) is 6.54 Å². The van der Waals surface area contributed by atoms with Crippen LogP contribution in [0.1, 0.15) is 35.5 Å². The van der Waals surface area contributed by atoms with E-state index in [1.54, 1.807) is 11.3 Å². The third kappa shape index (κ3) is 2.49. The van der Waals surface area contributed by atoms with E-state index in [0.29, 0.717) is 6.04 Å². The molecule has 0 fully saturated rings. The highest BCUT2D eigenvalue weighted by molar-refractivity contribution is 7.15. The molecule has 2 heterocycles. The second kappa shape index (κ2) is 5.38. The van der Waals surface area contributed by atoms with Crippen LogP contribution in [0.25, 0.3) is 4.96 Å². The molecule has 1 aromatic carbocycles. The number of imidazole rings is 1. The Kier molecular flexibility index (Phi) is 3.59. The first-order valence-electron chi connectivity index (χ1n) is 6.86. The fourth-order valence-corrected chi connectivity index (χ4v) is 3.24. The average molecular weight is 285 g/mol. The summed E-state index contributed by atoms with van der Waals surface area (Å²) in [5, 5.41) is 5.67. The van der Waals surface area contributed by atoms with Gasteiger partial charge in [-0.25, -0.2) is 4.98 Å². The van der Waals surface area contributed by atoms with Gasteiger partial charge in [-0.2, -0.15) is 0 Å². The van der Waals surface area contributed by atoms with E-state index in [1.165, 1.54) is 16.8 Å². The van der Waals surface area contributed by atoms with Gasteiger partial charge in [0.2, 0.25) is 0 Å². The van der Waals surface area contributed by atoms with E-state index in [2.05, 4.69) is 71.3 Å². The number of fused-ring (bicyclic) bond motifs is 1. The summed E-state index contributed by atoms with van der Waals surface area (Å²) < 4.78 is 2.18. The van der Waals surface area contributed by atoms with Gasteiger partial charge in [0, 0.05) is 24.2 Å². The summed E-state index contributed by atoms with van der Waals surface area (Å²) in [6.45, 7) is 7.25. The molecule has 3 nitrogen and oxygen atoms in total. The van der Waals surface area contributed by atoms with Crippen molar-refractivity contribution in [1.82, 2.24) is 14.7 Å². The molecule has 0 saturated heterocycles. The van der Waals surface area contributed by atoms with Crippen molar-refractivity contribution in [2.45, 2.75) is 33.4 Å². The molecule has 3 aromatic rings. The van der Waals surface area contributed by atoms with Crippen LogP contribution in [0.4, 0.5) is 0 Å². The molecular weight excluding hydrogens is 266 g/mol. The van der Waals surface area contributed by atoms with Crippen molar-refractivity contribution in [3.05, 3.63) is 58.4 Å². The largest absolute Gasteiger partial charge is 0.305 e. The quantitative estimate of drug-likeness (QED) is 0.788. The predicted octanol–water partition coefficient (Wildman–Crippen LogP) is 3.86. The molecule has 0 aliphatic carbocycles. The molecule has 0 aliphatic rings. The smallest absolute Gasteiger partial charge is 0.194 e. The maximum atomic E-state index is 4.58. The molecule has 3 rings (SSSR count). The molecule has 2 aromatic heterocycles. The minimum atomic E-state index is 0.332. The normalized spacial score (nSPS) is 12.9. The zero-order valence-electron chi connectivity index (χ0n) is 12.1. The van der Waals surface area contributed by atoms with Crippen LogP contribution in [-0.4, -0.2) is 9.38 Å². The topological polar surface area (TPSA) is 29.3 Å². The zero-order chi connectivity index (χ0) is 14.1. The van der Waals surface area contributed by atoms with E-state index in [-0.39, 0.29) is 0 Å². The Morgan fingerprint density at radius 1 is 1.35 bits per heavy atom. The van der Waals surface area contributed by atoms with Crippen molar-refractivity contribution in [3.8, 4) is 0 Å². The summed E-state index contributed by atoms with van der Waals surface area (Å²) in [7, 11) is 0. The number of hydrogen-bond acceptors (Lipinski definition) is 3. The third-order valence-electron chi connectivity index (χ3n) is 3.68. The minimum Gasteiger partial charge on any atom is -0.305 e. The molecule has 0 amide bonds. The monoisotopic (exact) mass is 285 g/mol. The SMILES string of the molecule is Cc1cccc([C@@H](C)NCc2c(C)nc3sccn23)c1. The Morgan fingerprint density at radius 3 is 3.00 bits per heavy atom. The van der Waals surface area contributed by atoms with E-state index in [9.17, 15) is 0 Å². The highest BCUT2D eigenvalue weighted by atomic mass is 32.1. The van der Waals surface area contributed by atoms with Crippen LogP contribution in [0, 0.1) is 13.8 Å². The Hall–Kier alpha value is -1.65. The number of rotatable bonds is 4. The fourth-order valence-electron chi connectivity index (χ4n) is 2.46. The maximum Gasteiger partial charge on any atom is 0.194 e. The van der Waals surface area contributed by atoms with Crippen molar-refractivity contribution in [1.29, 1.82) is 0 Å². The van der Waals surface area contributed by atoms with E-state index in [1.807, 2.05) is 0 Å². The molecule has 0 saturated carbocycles. The van der Waals surface area contributed by atoms with E-state index < -0.39 is 0 Å². The van der Waals surface area contributed by atoms with E-state index >= 15 is 0 Å². The molecule has 20 heavy (non-hydrogen) atoms. The lowest BCUT2D eigenvalue weighted by molar-refractivity contribution is 0.564. The lowest BCUT2D eigenvalue weighted by atomic mass is 10.1. The van der Waals surface area contributed by atoms with Crippen LogP contribution in [0.5, 0.6) is 0 Å². The van der Waals surface area contributed by atoms with Crippen LogP contribution in [0.3, 0.4) is 0 Å². The fraction of sp³-hybridized carbons (Fsp3) is 0.312. The molecule has 0 spiro atoms. The molecule has 0 radical (unpaired) electrons. The average Bonchev–Trinajstić information content (AvgIpc) is 2.97. The summed E-state index contributed by atoms with van der Waals surface area (Å²) in [6, 6.07) is 8.99. The van der Waals surface area contributed by atoms with Crippen LogP contribution >= 0.6 is 11.3 Å². The molecule has 0 unspecified atom stereocenters. The van der Waals surface area contributed by atoms with E-state index in [4.69, 9.17) is 0 Å². The summed E-state index contributed by atoms with van der Waals surface area (Å²) in [6.07, 6.45) is 2.09. The van der Waals surface area contributed by atoms with Gasteiger partial charge in [-0.05, 0) is 26.3 Å². The van der Waals surface area contributed by atoms with Gasteiger partial charge in [0.15, 0.2) is 4.96 Å². The molecule has 1 atom stereocenters. The second-order valence-electron chi connectivity index (χ2n) is 5.22. The highest BCUT2D eigenvalue weighted by Crippen LogP contribution is 2.19. The van der Waals surface area contributed by atoms with Gasteiger partial charge in [-0.15, -0.1) is 11.3 Å². The van der Waals surface area contributed by atoms with Crippen molar-refractivity contribution in [2.24, 2.45) is 0 Å². The van der Waals surface area contributed by atoms with Crippen molar-refractivity contribution < 1.29 is 0 Å².